The van der Waals surface area contributed by atoms with Crippen molar-refractivity contribution in [3.05, 3.63) is 58.6 Å². The molecule has 1 aromatic carbocycles. The van der Waals surface area contributed by atoms with Gasteiger partial charge in [-0.25, -0.2) is 14.2 Å². The molecule has 0 radical (unpaired) electrons. The number of carbonyl (C=O) groups is 1. The molecule has 0 aliphatic carbocycles. The Kier molecular flexibility index (Phi) is 6.57. The monoisotopic (exact) mass is 457 g/mol. The lowest BCUT2D eigenvalue weighted by Crippen LogP contribution is -2.56. The molecule has 13 nitrogen and oxygen atoms in total. The average Bonchev–Trinajstić information content (AvgIpc) is 2.96. The zero-order valence-electron chi connectivity index (χ0n) is 15.8. The van der Waals surface area contributed by atoms with Gasteiger partial charge in [0.1, 0.15) is 30.7 Å². The van der Waals surface area contributed by atoms with Gasteiger partial charge < -0.3 is 35.2 Å². The van der Waals surface area contributed by atoms with E-state index < -0.39 is 50.1 Å². The SMILES string of the molecule is Nc1ccn([C@]2(C(=O)OCc3ccccc3)O[C@H](COP(=O)(O)O)[C@@H](O)[C@H]2O)c(=O)n1. The number of hydrogen-bond acceptors (Lipinski definition) is 10. The van der Waals surface area contributed by atoms with Crippen molar-refractivity contribution in [3.63, 3.8) is 0 Å². The van der Waals surface area contributed by atoms with Gasteiger partial charge in [-0.3, -0.25) is 9.09 Å². The maximum atomic E-state index is 13.0. The van der Waals surface area contributed by atoms with Crippen molar-refractivity contribution < 1.29 is 43.4 Å². The van der Waals surface area contributed by atoms with Crippen LogP contribution in [0, 0.1) is 0 Å². The highest BCUT2D eigenvalue weighted by Crippen LogP contribution is 2.40. The number of ether oxygens (including phenoxy) is 2. The standard InChI is InChI=1S/C17H20N3O10P/c18-12-6-7-20(16(24)19-12)17(15(23)28-8-10-4-2-1-3-5-10)14(22)13(21)11(30-17)9-29-31(25,26)27/h1-7,11,13-14,21-22H,8-9H2,(H2,18,19,24)(H2,25,26,27)/t11-,13-,14-,17+/m1/s1. The molecule has 6 N–H and O–H groups in total. The number of anilines is 1. The van der Waals surface area contributed by atoms with Gasteiger partial charge in [0.05, 0.1) is 6.61 Å². The first kappa shape index (κ1) is 23.0. The highest BCUT2D eigenvalue weighted by molar-refractivity contribution is 7.46. The van der Waals surface area contributed by atoms with E-state index in [4.69, 9.17) is 25.0 Å². The molecule has 0 saturated carbocycles. The minimum absolute atomic E-state index is 0.177. The predicted octanol–water partition coefficient (Wildman–Crippen LogP) is -1.55. The van der Waals surface area contributed by atoms with Gasteiger partial charge >= 0.3 is 19.5 Å². The molecule has 1 aliphatic heterocycles. The number of nitrogens with zero attached hydrogens (tertiary/aromatic N) is 2. The Balaban J connectivity index is 1.97. The first-order chi connectivity index (χ1) is 14.5. The number of esters is 1. The highest BCUT2D eigenvalue weighted by atomic mass is 31.2. The third-order valence-corrected chi connectivity index (χ3v) is 5.02. The first-order valence-corrected chi connectivity index (χ1v) is 10.4. The Bertz CT molecular complexity index is 1040. The normalized spacial score (nSPS) is 26.0. The number of rotatable bonds is 7. The van der Waals surface area contributed by atoms with Crippen molar-refractivity contribution in [2.45, 2.75) is 30.6 Å². The number of benzene rings is 1. The number of aromatic nitrogens is 2. The van der Waals surface area contributed by atoms with Crippen LogP contribution in [0.2, 0.25) is 0 Å². The van der Waals surface area contributed by atoms with E-state index in [2.05, 4.69) is 9.51 Å². The van der Waals surface area contributed by atoms with E-state index >= 15 is 0 Å². The molecule has 14 heteroatoms. The predicted molar refractivity (Wildman–Crippen MR) is 102 cm³/mol. The summed E-state index contributed by atoms with van der Waals surface area (Å²) in [5.41, 5.74) is 2.34. The van der Waals surface area contributed by atoms with Gasteiger partial charge in [0.2, 0.25) is 0 Å². The number of hydrogen-bond donors (Lipinski definition) is 5. The van der Waals surface area contributed by atoms with Crippen molar-refractivity contribution in [2.75, 3.05) is 12.3 Å². The largest absolute Gasteiger partial charge is 0.469 e. The topological polar surface area (TPSA) is 204 Å². The Morgan fingerprint density at radius 2 is 1.94 bits per heavy atom. The summed E-state index contributed by atoms with van der Waals surface area (Å²) in [6.45, 7) is -1.15. The molecule has 0 spiro atoms. The summed E-state index contributed by atoms with van der Waals surface area (Å²) >= 11 is 0. The summed E-state index contributed by atoms with van der Waals surface area (Å²) in [5.74, 6) is -1.43. The third kappa shape index (κ3) is 4.83. The number of aliphatic hydroxyl groups excluding tert-OH is 2. The maximum Gasteiger partial charge on any atom is 0.469 e. The number of carbonyl (C=O) groups excluding carboxylic acids is 1. The summed E-state index contributed by atoms with van der Waals surface area (Å²) < 4.78 is 26.6. The van der Waals surface area contributed by atoms with E-state index in [0.29, 0.717) is 10.1 Å². The summed E-state index contributed by atoms with van der Waals surface area (Å²) in [6.07, 6.45) is -4.54. The second kappa shape index (κ2) is 8.85. The zero-order valence-corrected chi connectivity index (χ0v) is 16.7. The molecule has 0 bridgehead atoms. The number of phosphoric ester groups is 1. The lowest BCUT2D eigenvalue weighted by atomic mass is 10.0. The molecular formula is C17H20N3O10P. The second-order valence-corrected chi connectivity index (χ2v) is 7.88. The van der Waals surface area contributed by atoms with Crippen LogP contribution in [-0.4, -0.2) is 60.4 Å². The van der Waals surface area contributed by atoms with Gasteiger partial charge in [0.25, 0.3) is 5.72 Å². The molecule has 4 atom stereocenters. The molecule has 168 valence electrons. The van der Waals surface area contributed by atoms with Crippen LogP contribution in [0.5, 0.6) is 0 Å². The molecule has 1 aromatic heterocycles. The summed E-state index contributed by atoms with van der Waals surface area (Å²) in [6, 6.07) is 9.62. The van der Waals surface area contributed by atoms with Crippen molar-refractivity contribution in [1.29, 1.82) is 0 Å². The molecule has 0 amide bonds. The molecule has 0 unspecified atom stereocenters. The van der Waals surface area contributed by atoms with Crippen LogP contribution in [0.15, 0.2) is 47.4 Å². The van der Waals surface area contributed by atoms with Gasteiger partial charge in [0.15, 0.2) is 0 Å². The Morgan fingerprint density at radius 3 is 2.55 bits per heavy atom. The summed E-state index contributed by atoms with van der Waals surface area (Å²) in [4.78, 5) is 46.7. The lowest BCUT2D eigenvalue weighted by molar-refractivity contribution is -0.203. The molecule has 2 heterocycles. The Morgan fingerprint density at radius 1 is 1.26 bits per heavy atom. The number of aliphatic hydroxyl groups is 2. The van der Waals surface area contributed by atoms with Crippen LogP contribution >= 0.6 is 7.82 Å². The summed E-state index contributed by atoms with van der Waals surface area (Å²) in [7, 11) is -4.96. The van der Waals surface area contributed by atoms with E-state index in [-0.39, 0.29) is 12.4 Å². The van der Waals surface area contributed by atoms with Crippen molar-refractivity contribution >= 4 is 19.6 Å². The quantitative estimate of drug-likeness (QED) is 0.237. The number of phosphoric acid groups is 1. The average molecular weight is 457 g/mol. The smallest absolute Gasteiger partial charge is 0.457 e. The van der Waals surface area contributed by atoms with Crippen LogP contribution in [0.4, 0.5) is 5.82 Å². The fourth-order valence-corrected chi connectivity index (χ4v) is 3.41. The van der Waals surface area contributed by atoms with Crippen molar-refractivity contribution in [2.24, 2.45) is 0 Å². The molecule has 1 fully saturated rings. The molecule has 1 saturated heterocycles. The fourth-order valence-electron chi connectivity index (χ4n) is 3.07. The van der Waals surface area contributed by atoms with Gasteiger partial charge in [0, 0.05) is 6.20 Å². The number of nitrogens with two attached hydrogens (primary N) is 1. The summed E-state index contributed by atoms with van der Waals surface area (Å²) in [5, 5.41) is 21.0. The van der Waals surface area contributed by atoms with Crippen LogP contribution < -0.4 is 11.4 Å². The molecule has 3 rings (SSSR count). The molecular weight excluding hydrogens is 437 g/mol. The van der Waals surface area contributed by atoms with Crippen LogP contribution in [0.1, 0.15) is 5.56 Å². The maximum absolute atomic E-state index is 13.0. The number of nitrogen functional groups attached to an aromatic ring is 1. The van der Waals surface area contributed by atoms with Gasteiger partial charge in [-0.1, -0.05) is 30.3 Å². The van der Waals surface area contributed by atoms with Crippen molar-refractivity contribution in [3.8, 4) is 0 Å². The van der Waals surface area contributed by atoms with Crippen LogP contribution in [0.3, 0.4) is 0 Å². The minimum Gasteiger partial charge on any atom is -0.457 e. The lowest BCUT2D eigenvalue weighted by Gasteiger charge is -2.31. The van der Waals surface area contributed by atoms with E-state index in [1.165, 1.54) is 0 Å². The van der Waals surface area contributed by atoms with Gasteiger partial charge in [-0.05, 0) is 11.6 Å². The second-order valence-electron chi connectivity index (χ2n) is 6.64. The minimum atomic E-state index is -4.96. The van der Waals surface area contributed by atoms with Gasteiger partial charge in [-0.2, -0.15) is 4.98 Å². The van der Waals surface area contributed by atoms with Crippen molar-refractivity contribution in [1.82, 2.24) is 9.55 Å². The highest BCUT2D eigenvalue weighted by Gasteiger charge is 2.62. The zero-order chi connectivity index (χ0) is 22.8. The fraction of sp³-hybridized carbons (Fsp3) is 0.353. The Hall–Kier alpha value is -2.64. The van der Waals surface area contributed by atoms with Crippen LogP contribution in [0.25, 0.3) is 0 Å². The van der Waals surface area contributed by atoms with E-state index in [9.17, 15) is 24.4 Å². The molecule has 2 aromatic rings. The van der Waals surface area contributed by atoms with Gasteiger partial charge in [-0.15, -0.1) is 0 Å². The van der Waals surface area contributed by atoms with E-state index in [1.807, 2.05) is 0 Å². The Labute approximate surface area is 174 Å². The van der Waals surface area contributed by atoms with Crippen LogP contribution in [-0.2, 0) is 35.7 Å². The molecule has 1 aliphatic rings. The van der Waals surface area contributed by atoms with E-state index in [0.717, 1.165) is 12.3 Å². The van der Waals surface area contributed by atoms with E-state index in [1.54, 1.807) is 30.3 Å². The third-order valence-electron chi connectivity index (χ3n) is 4.53. The molecule has 31 heavy (non-hydrogen) atoms. The first-order valence-electron chi connectivity index (χ1n) is 8.85.